The second-order valence-electron chi connectivity index (χ2n) is 3.77. The molecule has 3 N–H and O–H groups in total. The van der Waals surface area contributed by atoms with Gasteiger partial charge >= 0.3 is 6.80 Å². The normalized spacial score (nSPS) is 25.6. The zero-order valence-electron chi connectivity index (χ0n) is 8.13. The highest BCUT2D eigenvalue weighted by molar-refractivity contribution is 8.44. The summed E-state index contributed by atoms with van der Waals surface area (Å²) in [4.78, 5) is 8.99. The summed E-state index contributed by atoms with van der Waals surface area (Å²) in [5.74, 6) is 0.321. The van der Waals surface area contributed by atoms with E-state index in [4.69, 9.17) is 15.2 Å². The molecule has 0 aliphatic heterocycles. The molecule has 2 atom stereocenters. The predicted molar refractivity (Wildman–Crippen MR) is 59.3 cm³/mol. The van der Waals surface area contributed by atoms with Crippen molar-refractivity contribution in [3.8, 4) is 0 Å². The van der Waals surface area contributed by atoms with E-state index in [1.165, 1.54) is 6.42 Å². The van der Waals surface area contributed by atoms with Gasteiger partial charge in [-0.15, -0.1) is 0 Å². The van der Waals surface area contributed by atoms with E-state index >= 15 is 0 Å². The number of hydrogen-bond donors (Lipinski definition) is 3. The van der Waals surface area contributed by atoms with Gasteiger partial charge in [-0.05, 0) is 18.8 Å². The van der Waals surface area contributed by atoms with Crippen LogP contribution in [-0.2, 0) is 9.09 Å². The summed E-state index contributed by atoms with van der Waals surface area (Å²) in [5.41, 5.74) is 5.52. The van der Waals surface area contributed by atoms with Crippen molar-refractivity contribution in [3.05, 3.63) is 0 Å². The fourth-order valence-electron chi connectivity index (χ4n) is 2.00. The van der Waals surface area contributed by atoms with Gasteiger partial charge in [0.2, 0.25) is 0 Å². The van der Waals surface area contributed by atoms with Crippen LogP contribution in [0, 0.1) is 5.92 Å². The maximum atomic E-state index is 11.0. The van der Waals surface area contributed by atoms with Crippen LogP contribution >= 0.6 is 19.0 Å². The minimum Gasteiger partial charge on any atom is -0.328 e. The van der Waals surface area contributed by atoms with Gasteiger partial charge in [-0.2, -0.15) is 0 Å². The van der Waals surface area contributed by atoms with Crippen LogP contribution in [-0.4, -0.2) is 17.5 Å². The molecule has 0 aromatic rings. The van der Waals surface area contributed by atoms with Gasteiger partial charge in [0.05, 0.1) is 6.10 Å². The van der Waals surface area contributed by atoms with Crippen LogP contribution in [0.2, 0.25) is 0 Å². The summed E-state index contributed by atoms with van der Waals surface area (Å²) in [7, 11) is 0. The second kappa shape index (κ2) is 5.52. The third-order valence-corrected chi connectivity index (χ3v) is 3.51. The molecule has 1 aliphatic carbocycles. The maximum absolute atomic E-state index is 11.0. The van der Waals surface area contributed by atoms with Crippen molar-refractivity contribution in [2.45, 2.75) is 38.2 Å². The Morgan fingerprint density at radius 3 is 2.50 bits per heavy atom. The van der Waals surface area contributed by atoms with Crippen molar-refractivity contribution in [1.29, 1.82) is 0 Å². The molecule has 14 heavy (non-hydrogen) atoms. The van der Waals surface area contributed by atoms with Crippen molar-refractivity contribution in [2.75, 3.05) is 6.54 Å². The lowest BCUT2D eigenvalue weighted by Gasteiger charge is -2.29. The minimum absolute atomic E-state index is 0.287. The lowest BCUT2D eigenvalue weighted by Crippen LogP contribution is -2.32. The molecule has 0 bridgehead atoms. The number of thiol groups is 1. The van der Waals surface area contributed by atoms with Crippen LogP contribution in [0.15, 0.2) is 0 Å². The first kappa shape index (κ1) is 12.5. The SMILES string of the molecule is NCC(OP(=O)(O)S)C1CCCCC1. The van der Waals surface area contributed by atoms with Gasteiger partial charge in [0.25, 0.3) is 0 Å². The van der Waals surface area contributed by atoms with Crippen LogP contribution in [0.25, 0.3) is 0 Å². The molecule has 2 unspecified atom stereocenters. The Morgan fingerprint density at radius 2 is 2.07 bits per heavy atom. The highest BCUT2D eigenvalue weighted by Crippen LogP contribution is 2.49. The number of rotatable bonds is 4. The van der Waals surface area contributed by atoms with E-state index in [0.29, 0.717) is 5.92 Å². The van der Waals surface area contributed by atoms with Gasteiger partial charge in [0.1, 0.15) is 0 Å². The molecule has 1 aliphatic rings. The molecule has 0 radical (unpaired) electrons. The van der Waals surface area contributed by atoms with E-state index < -0.39 is 6.80 Å². The molecule has 0 heterocycles. The van der Waals surface area contributed by atoms with E-state index in [-0.39, 0.29) is 12.6 Å². The highest BCUT2D eigenvalue weighted by Gasteiger charge is 2.28. The van der Waals surface area contributed by atoms with Crippen LogP contribution in [0.3, 0.4) is 0 Å². The van der Waals surface area contributed by atoms with Crippen molar-refractivity contribution >= 4 is 19.0 Å². The Bertz CT molecular complexity index is 215. The summed E-state index contributed by atoms with van der Waals surface area (Å²) >= 11 is 3.50. The van der Waals surface area contributed by atoms with Gasteiger partial charge in [0.15, 0.2) is 0 Å². The lowest BCUT2D eigenvalue weighted by molar-refractivity contribution is 0.107. The Balaban J connectivity index is 2.47. The first-order chi connectivity index (χ1) is 6.53. The Hall–Kier alpha value is 0.460. The van der Waals surface area contributed by atoms with Crippen molar-refractivity contribution in [3.63, 3.8) is 0 Å². The van der Waals surface area contributed by atoms with E-state index in [0.717, 1.165) is 25.7 Å². The monoisotopic (exact) mass is 239 g/mol. The smallest absolute Gasteiger partial charge is 0.328 e. The number of hydrogen-bond acceptors (Lipinski definition) is 3. The minimum atomic E-state index is -3.69. The summed E-state index contributed by atoms with van der Waals surface area (Å²) in [6.45, 7) is -3.40. The Kier molecular flexibility index (Phi) is 4.94. The van der Waals surface area contributed by atoms with Crippen molar-refractivity contribution < 1.29 is 14.0 Å². The molecule has 4 nitrogen and oxygen atoms in total. The summed E-state index contributed by atoms with van der Waals surface area (Å²) in [6, 6.07) is 0. The highest BCUT2D eigenvalue weighted by atomic mass is 32.7. The van der Waals surface area contributed by atoms with E-state index in [1.807, 2.05) is 0 Å². The fraction of sp³-hybridized carbons (Fsp3) is 1.00. The van der Waals surface area contributed by atoms with Gasteiger partial charge in [-0.1, -0.05) is 31.5 Å². The van der Waals surface area contributed by atoms with Gasteiger partial charge in [-0.3, -0.25) is 4.52 Å². The van der Waals surface area contributed by atoms with Crippen molar-refractivity contribution in [2.24, 2.45) is 11.7 Å². The molecule has 0 saturated heterocycles. The molecule has 1 rings (SSSR count). The molecule has 1 saturated carbocycles. The third kappa shape index (κ3) is 4.32. The lowest BCUT2D eigenvalue weighted by atomic mass is 9.85. The zero-order valence-corrected chi connectivity index (χ0v) is 9.92. The molecule has 0 aromatic heterocycles. The van der Waals surface area contributed by atoms with Gasteiger partial charge in [0, 0.05) is 6.54 Å². The first-order valence-corrected chi connectivity index (χ1v) is 7.70. The average Bonchev–Trinajstić information content (AvgIpc) is 2.14. The second-order valence-corrected chi connectivity index (χ2v) is 6.48. The molecule has 0 spiro atoms. The van der Waals surface area contributed by atoms with Gasteiger partial charge < -0.3 is 10.6 Å². The molecule has 0 amide bonds. The standard InChI is InChI=1S/C8H18NO3PS/c9-6-8(12-13(10,11)14)7-4-2-1-3-5-7/h7-8H,1-6,9H2,(H2,10,11,14). The molecule has 6 heteroatoms. The summed E-state index contributed by atoms with van der Waals surface area (Å²) in [6.07, 6.45) is 5.32. The van der Waals surface area contributed by atoms with Crippen LogP contribution < -0.4 is 5.73 Å². The largest absolute Gasteiger partial charge is 0.383 e. The topological polar surface area (TPSA) is 72.5 Å². The Morgan fingerprint density at radius 1 is 1.50 bits per heavy atom. The fourth-order valence-corrected chi connectivity index (χ4v) is 2.98. The molecule has 84 valence electrons. The van der Waals surface area contributed by atoms with Crippen LogP contribution in [0.5, 0.6) is 0 Å². The van der Waals surface area contributed by atoms with Crippen molar-refractivity contribution in [1.82, 2.24) is 0 Å². The van der Waals surface area contributed by atoms with Crippen LogP contribution in [0.1, 0.15) is 32.1 Å². The van der Waals surface area contributed by atoms with E-state index in [1.54, 1.807) is 0 Å². The quantitative estimate of drug-likeness (QED) is 0.518. The average molecular weight is 239 g/mol. The molecular weight excluding hydrogens is 221 g/mol. The molecule has 1 fully saturated rings. The zero-order chi connectivity index (χ0) is 10.6. The van der Waals surface area contributed by atoms with Gasteiger partial charge in [-0.25, -0.2) is 4.57 Å². The van der Waals surface area contributed by atoms with Crippen LogP contribution in [0.4, 0.5) is 0 Å². The summed E-state index contributed by atoms with van der Waals surface area (Å²) < 4.78 is 15.9. The summed E-state index contributed by atoms with van der Waals surface area (Å²) in [5, 5.41) is 0. The maximum Gasteiger partial charge on any atom is 0.383 e. The molecule has 0 aromatic carbocycles. The molecular formula is C8H18NO3PS. The predicted octanol–water partition coefficient (Wildman–Crippen LogP) is 1.94. The van der Waals surface area contributed by atoms with E-state index in [9.17, 15) is 4.57 Å². The number of nitrogens with two attached hydrogens (primary N) is 1. The third-order valence-electron chi connectivity index (χ3n) is 2.68. The van der Waals surface area contributed by atoms with E-state index in [2.05, 4.69) is 12.2 Å². The Labute approximate surface area is 89.9 Å². The first-order valence-electron chi connectivity index (χ1n) is 4.97.